The molecule has 3 atom stereocenters. The Balaban J connectivity index is 1.53. The van der Waals surface area contributed by atoms with E-state index in [4.69, 9.17) is 9.15 Å². The van der Waals surface area contributed by atoms with Crippen molar-refractivity contribution in [2.75, 3.05) is 0 Å². The molecule has 3 heterocycles. The predicted molar refractivity (Wildman–Crippen MR) is 87.1 cm³/mol. The van der Waals surface area contributed by atoms with Crippen molar-refractivity contribution in [1.29, 1.82) is 0 Å². The van der Waals surface area contributed by atoms with Gasteiger partial charge in [-0.3, -0.25) is 4.79 Å². The molecule has 3 unspecified atom stereocenters. The first-order valence-electron chi connectivity index (χ1n) is 8.43. The number of hydrogen-bond donors (Lipinski definition) is 1. The van der Waals surface area contributed by atoms with Gasteiger partial charge in [0.15, 0.2) is 0 Å². The maximum atomic E-state index is 13.1. The standard InChI is InChI=1S/C19H21NO4/c21-14-5-3-13(4-6-14)11-20(12-16-2-1-9-23-16)19(22)17-10-15-7-8-18(17)24-15/h1-6,9,15,17-18,21H,7-8,10-12H2. The summed E-state index contributed by atoms with van der Waals surface area (Å²) in [7, 11) is 0. The number of phenolic OH excluding ortho intramolecular Hbond substituents is 1. The molecule has 126 valence electrons. The fourth-order valence-corrected chi connectivity index (χ4v) is 3.76. The maximum absolute atomic E-state index is 13.1. The highest BCUT2D eigenvalue weighted by atomic mass is 16.5. The van der Waals surface area contributed by atoms with Gasteiger partial charge in [-0.05, 0) is 49.1 Å². The highest BCUT2D eigenvalue weighted by Crippen LogP contribution is 2.40. The molecular weight excluding hydrogens is 306 g/mol. The van der Waals surface area contributed by atoms with E-state index in [9.17, 15) is 9.90 Å². The first-order valence-corrected chi connectivity index (χ1v) is 8.43. The average molecular weight is 327 g/mol. The number of benzene rings is 1. The zero-order chi connectivity index (χ0) is 16.5. The molecule has 1 aromatic heterocycles. The van der Waals surface area contributed by atoms with E-state index in [1.807, 2.05) is 29.2 Å². The number of rotatable bonds is 5. The van der Waals surface area contributed by atoms with Crippen molar-refractivity contribution in [3.63, 3.8) is 0 Å². The lowest BCUT2D eigenvalue weighted by Crippen LogP contribution is -2.39. The Morgan fingerprint density at radius 2 is 2.00 bits per heavy atom. The van der Waals surface area contributed by atoms with Gasteiger partial charge in [0.2, 0.25) is 5.91 Å². The van der Waals surface area contributed by atoms with Crippen molar-refractivity contribution in [2.24, 2.45) is 5.92 Å². The largest absolute Gasteiger partial charge is 0.508 e. The molecule has 0 radical (unpaired) electrons. The van der Waals surface area contributed by atoms with Gasteiger partial charge in [-0.25, -0.2) is 0 Å². The Labute approximate surface area is 140 Å². The van der Waals surface area contributed by atoms with Gasteiger partial charge < -0.3 is 19.2 Å². The molecule has 2 saturated heterocycles. The summed E-state index contributed by atoms with van der Waals surface area (Å²) in [5, 5.41) is 9.44. The molecule has 2 bridgehead atoms. The quantitative estimate of drug-likeness (QED) is 0.917. The van der Waals surface area contributed by atoms with Crippen molar-refractivity contribution < 1.29 is 19.1 Å². The smallest absolute Gasteiger partial charge is 0.229 e. The molecule has 2 fully saturated rings. The zero-order valence-electron chi connectivity index (χ0n) is 13.4. The van der Waals surface area contributed by atoms with Crippen LogP contribution in [0.3, 0.4) is 0 Å². The summed E-state index contributed by atoms with van der Waals surface area (Å²) in [6.45, 7) is 0.939. The molecule has 1 aromatic carbocycles. The number of ether oxygens (including phenoxy) is 1. The summed E-state index contributed by atoms with van der Waals surface area (Å²) in [6, 6.07) is 10.7. The molecule has 1 amide bonds. The molecule has 0 aliphatic carbocycles. The van der Waals surface area contributed by atoms with Gasteiger partial charge in [0, 0.05) is 6.54 Å². The van der Waals surface area contributed by atoms with E-state index in [1.54, 1.807) is 18.4 Å². The van der Waals surface area contributed by atoms with Crippen LogP contribution in [0.2, 0.25) is 0 Å². The fraction of sp³-hybridized carbons (Fsp3) is 0.421. The summed E-state index contributed by atoms with van der Waals surface area (Å²) in [4.78, 5) is 14.9. The van der Waals surface area contributed by atoms with Crippen LogP contribution in [-0.2, 0) is 22.6 Å². The minimum atomic E-state index is -0.0455. The number of phenols is 1. The van der Waals surface area contributed by atoms with E-state index in [1.165, 1.54) is 0 Å². The zero-order valence-corrected chi connectivity index (χ0v) is 13.4. The number of fused-ring (bicyclic) bond motifs is 2. The number of nitrogens with zero attached hydrogens (tertiary/aromatic N) is 1. The number of furan rings is 1. The van der Waals surface area contributed by atoms with E-state index >= 15 is 0 Å². The molecule has 1 N–H and O–H groups in total. The second-order valence-electron chi connectivity index (χ2n) is 6.66. The van der Waals surface area contributed by atoms with Crippen LogP contribution >= 0.6 is 0 Å². The third kappa shape index (κ3) is 3.04. The Morgan fingerprint density at radius 3 is 2.62 bits per heavy atom. The summed E-state index contributed by atoms with van der Waals surface area (Å²) in [5.41, 5.74) is 0.983. The van der Waals surface area contributed by atoms with E-state index < -0.39 is 0 Å². The van der Waals surface area contributed by atoms with Crippen LogP contribution in [0.15, 0.2) is 47.1 Å². The Hall–Kier alpha value is -2.27. The molecule has 0 saturated carbocycles. The summed E-state index contributed by atoms with van der Waals surface area (Å²) >= 11 is 0. The van der Waals surface area contributed by atoms with Crippen LogP contribution in [0.5, 0.6) is 5.75 Å². The number of amides is 1. The Kier molecular flexibility index (Phi) is 4.02. The molecule has 24 heavy (non-hydrogen) atoms. The van der Waals surface area contributed by atoms with Gasteiger partial charge in [0.1, 0.15) is 11.5 Å². The second kappa shape index (κ2) is 6.32. The summed E-state index contributed by atoms with van der Waals surface area (Å²) in [6.07, 6.45) is 4.83. The summed E-state index contributed by atoms with van der Waals surface area (Å²) in [5.74, 6) is 1.08. The molecular formula is C19H21NO4. The van der Waals surface area contributed by atoms with Gasteiger partial charge in [-0.2, -0.15) is 0 Å². The lowest BCUT2D eigenvalue weighted by Gasteiger charge is -2.27. The number of carbonyl (C=O) groups excluding carboxylic acids is 1. The van der Waals surface area contributed by atoms with Gasteiger partial charge in [-0.1, -0.05) is 12.1 Å². The molecule has 2 aliphatic heterocycles. The number of carbonyl (C=O) groups is 1. The molecule has 4 rings (SSSR count). The monoisotopic (exact) mass is 327 g/mol. The normalized spacial score (nSPS) is 25.1. The second-order valence-corrected chi connectivity index (χ2v) is 6.66. The molecule has 0 spiro atoms. The van der Waals surface area contributed by atoms with Gasteiger partial charge in [-0.15, -0.1) is 0 Å². The van der Waals surface area contributed by atoms with E-state index in [-0.39, 0.29) is 29.8 Å². The molecule has 5 heteroatoms. The highest BCUT2D eigenvalue weighted by molar-refractivity contribution is 5.80. The molecule has 2 aliphatic rings. The van der Waals surface area contributed by atoms with Crippen LogP contribution in [0.4, 0.5) is 0 Å². The third-order valence-corrected chi connectivity index (χ3v) is 4.97. The molecule has 5 nitrogen and oxygen atoms in total. The van der Waals surface area contributed by atoms with Crippen molar-refractivity contribution in [3.05, 3.63) is 54.0 Å². The minimum Gasteiger partial charge on any atom is -0.508 e. The van der Waals surface area contributed by atoms with Crippen LogP contribution < -0.4 is 0 Å². The van der Waals surface area contributed by atoms with E-state index in [0.717, 1.165) is 30.6 Å². The highest BCUT2D eigenvalue weighted by Gasteiger charge is 2.45. The predicted octanol–water partition coefficient (Wildman–Crippen LogP) is 3.08. The van der Waals surface area contributed by atoms with Crippen LogP contribution in [-0.4, -0.2) is 28.1 Å². The topological polar surface area (TPSA) is 62.9 Å². The van der Waals surface area contributed by atoms with Crippen molar-refractivity contribution in [1.82, 2.24) is 4.90 Å². The SMILES string of the molecule is O=C(C1CC2CCC1O2)N(Cc1ccc(O)cc1)Cc1ccco1. The number of aromatic hydroxyl groups is 1. The minimum absolute atomic E-state index is 0.0455. The average Bonchev–Trinajstić information content (AvgIpc) is 3.33. The lowest BCUT2D eigenvalue weighted by molar-refractivity contribution is -0.138. The van der Waals surface area contributed by atoms with Gasteiger partial charge in [0.05, 0.1) is 30.9 Å². The Bertz CT molecular complexity index is 695. The van der Waals surface area contributed by atoms with E-state index in [0.29, 0.717) is 13.1 Å². The van der Waals surface area contributed by atoms with E-state index in [2.05, 4.69) is 0 Å². The van der Waals surface area contributed by atoms with Crippen LogP contribution in [0.1, 0.15) is 30.6 Å². The number of hydrogen-bond acceptors (Lipinski definition) is 4. The van der Waals surface area contributed by atoms with Crippen LogP contribution in [0.25, 0.3) is 0 Å². The fourth-order valence-electron chi connectivity index (χ4n) is 3.76. The molecule has 2 aromatic rings. The third-order valence-electron chi connectivity index (χ3n) is 4.97. The summed E-state index contributed by atoms with van der Waals surface area (Å²) < 4.78 is 11.3. The van der Waals surface area contributed by atoms with Gasteiger partial charge >= 0.3 is 0 Å². The maximum Gasteiger partial charge on any atom is 0.229 e. The van der Waals surface area contributed by atoms with Crippen molar-refractivity contribution >= 4 is 5.91 Å². The lowest BCUT2D eigenvalue weighted by atomic mass is 9.88. The van der Waals surface area contributed by atoms with Crippen molar-refractivity contribution in [3.8, 4) is 5.75 Å². The first kappa shape index (κ1) is 15.3. The Morgan fingerprint density at radius 1 is 1.17 bits per heavy atom. The van der Waals surface area contributed by atoms with Crippen LogP contribution in [0, 0.1) is 5.92 Å². The van der Waals surface area contributed by atoms with Gasteiger partial charge in [0.25, 0.3) is 0 Å². The first-order chi connectivity index (χ1) is 11.7. The van der Waals surface area contributed by atoms with Crippen molar-refractivity contribution in [2.45, 2.75) is 44.6 Å².